The summed E-state index contributed by atoms with van der Waals surface area (Å²) in [6.45, 7) is 3.88. The van der Waals surface area contributed by atoms with Crippen molar-refractivity contribution in [2.75, 3.05) is 19.1 Å². The van der Waals surface area contributed by atoms with Gasteiger partial charge in [0, 0.05) is 5.56 Å². The minimum Gasteiger partial charge on any atom is -0.493 e. The van der Waals surface area contributed by atoms with Gasteiger partial charge in [0.1, 0.15) is 17.3 Å². The SMILES string of the molecule is CCOC(=O)c1sc(NN=Cc2ccc(OCc3ccccc3F)c(OC)c2)nc1C. The van der Waals surface area contributed by atoms with Crippen molar-refractivity contribution in [3.8, 4) is 11.5 Å². The highest BCUT2D eigenvalue weighted by molar-refractivity contribution is 7.17. The van der Waals surface area contributed by atoms with Gasteiger partial charge in [-0.15, -0.1) is 0 Å². The fraction of sp³-hybridized carbons (Fsp3) is 0.227. The maximum absolute atomic E-state index is 13.8. The first-order chi connectivity index (χ1) is 15.0. The summed E-state index contributed by atoms with van der Waals surface area (Å²) < 4.78 is 29.8. The van der Waals surface area contributed by atoms with Crippen LogP contribution in [0.15, 0.2) is 47.6 Å². The van der Waals surface area contributed by atoms with E-state index in [1.165, 1.54) is 24.5 Å². The Balaban J connectivity index is 1.64. The van der Waals surface area contributed by atoms with E-state index in [1.807, 2.05) is 0 Å². The molecule has 1 aromatic heterocycles. The Morgan fingerprint density at radius 2 is 2.06 bits per heavy atom. The second-order valence-corrected chi connectivity index (χ2v) is 7.31. The number of carbonyl (C=O) groups excluding carboxylic acids is 1. The smallest absolute Gasteiger partial charge is 0.350 e. The Labute approximate surface area is 183 Å². The van der Waals surface area contributed by atoms with E-state index >= 15 is 0 Å². The number of rotatable bonds is 9. The molecule has 0 spiro atoms. The molecule has 1 N–H and O–H groups in total. The maximum Gasteiger partial charge on any atom is 0.350 e. The molecule has 0 aliphatic carbocycles. The summed E-state index contributed by atoms with van der Waals surface area (Å²) >= 11 is 1.17. The minimum atomic E-state index is -0.398. The van der Waals surface area contributed by atoms with Crippen molar-refractivity contribution in [3.63, 3.8) is 0 Å². The Kier molecular flexibility index (Phi) is 7.55. The van der Waals surface area contributed by atoms with Gasteiger partial charge in [-0.3, -0.25) is 5.43 Å². The standard InChI is InChI=1S/C22H22FN3O4S/c1-4-29-21(27)20-14(2)25-22(31-20)26-24-12-15-9-10-18(19(11-15)28-3)30-13-16-7-5-6-8-17(16)23/h5-12H,4,13H2,1-3H3,(H,25,26). The van der Waals surface area contributed by atoms with Crippen LogP contribution < -0.4 is 14.9 Å². The molecule has 0 bridgehead atoms. The minimum absolute atomic E-state index is 0.0875. The predicted molar refractivity (Wildman–Crippen MR) is 118 cm³/mol. The first-order valence-corrected chi connectivity index (χ1v) is 10.3. The van der Waals surface area contributed by atoms with Gasteiger partial charge in [-0.25, -0.2) is 14.2 Å². The van der Waals surface area contributed by atoms with Crippen molar-refractivity contribution < 1.29 is 23.4 Å². The molecule has 0 aliphatic heterocycles. The fourth-order valence-corrected chi connectivity index (χ4v) is 3.46. The number of carbonyl (C=O) groups is 1. The van der Waals surface area contributed by atoms with Crippen LogP contribution in [0.5, 0.6) is 11.5 Å². The van der Waals surface area contributed by atoms with Gasteiger partial charge in [0.2, 0.25) is 5.13 Å². The van der Waals surface area contributed by atoms with Crippen LogP contribution in [0.3, 0.4) is 0 Å². The molecule has 31 heavy (non-hydrogen) atoms. The molecule has 0 radical (unpaired) electrons. The zero-order valence-electron chi connectivity index (χ0n) is 17.3. The average Bonchev–Trinajstić information content (AvgIpc) is 3.14. The molecule has 9 heteroatoms. The van der Waals surface area contributed by atoms with E-state index in [0.29, 0.717) is 39.4 Å². The molecular formula is C22H22FN3O4S. The number of esters is 1. The first-order valence-electron chi connectivity index (χ1n) is 9.49. The Morgan fingerprint density at radius 3 is 2.81 bits per heavy atom. The maximum atomic E-state index is 13.8. The van der Waals surface area contributed by atoms with Crippen LogP contribution >= 0.6 is 11.3 Å². The molecule has 162 valence electrons. The van der Waals surface area contributed by atoms with E-state index in [0.717, 1.165) is 5.56 Å². The first kappa shape index (κ1) is 22.2. The number of ether oxygens (including phenoxy) is 3. The van der Waals surface area contributed by atoms with Gasteiger partial charge in [-0.1, -0.05) is 29.5 Å². The van der Waals surface area contributed by atoms with Crippen molar-refractivity contribution in [2.24, 2.45) is 5.10 Å². The number of halogens is 1. The highest BCUT2D eigenvalue weighted by Crippen LogP contribution is 2.29. The largest absolute Gasteiger partial charge is 0.493 e. The Morgan fingerprint density at radius 1 is 1.26 bits per heavy atom. The topological polar surface area (TPSA) is 82.0 Å². The molecular weight excluding hydrogens is 421 g/mol. The molecule has 0 amide bonds. The van der Waals surface area contributed by atoms with Gasteiger partial charge >= 0.3 is 5.97 Å². The van der Waals surface area contributed by atoms with Gasteiger partial charge in [-0.2, -0.15) is 5.10 Å². The number of hydrogen-bond acceptors (Lipinski definition) is 8. The molecule has 3 aromatic rings. The van der Waals surface area contributed by atoms with E-state index in [4.69, 9.17) is 14.2 Å². The fourth-order valence-electron chi connectivity index (χ4n) is 2.65. The summed E-state index contributed by atoms with van der Waals surface area (Å²) in [6, 6.07) is 11.7. The molecule has 0 saturated heterocycles. The molecule has 0 fully saturated rings. The number of nitrogens with zero attached hydrogens (tertiary/aromatic N) is 2. The third-order valence-electron chi connectivity index (χ3n) is 4.16. The van der Waals surface area contributed by atoms with E-state index in [-0.39, 0.29) is 12.4 Å². The monoisotopic (exact) mass is 443 g/mol. The summed E-state index contributed by atoms with van der Waals surface area (Å²) in [4.78, 5) is 16.6. The number of methoxy groups -OCH3 is 1. The van der Waals surface area contributed by atoms with Crippen molar-refractivity contribution >= 4 is 28.7 Å². The number of nitrogens with one attached hydrogen (secondary N) is 1. The Hall–Kier alpha value is -3.46. The highest BCUT2D eigenvalue weighted by Gasteiger charge is 2.16. The normalized spacial score (nSPS) is 10.8. The number of benzene rings is 2. The number of anilines is 1. The number of aromatic nitrogens is 1. The van der Waals surface area contributed by atoms with Crippen LogP contribution in [0.25, 0.3) is 0 Å². The van der Waals surface area contributed by atoms with Gasteiger partial charge in [-0.05, 0) is 43.7 Å². The lowest BCUT2D eigenvalue weighted by Gasteiger charge is -2.11. The Bertz CT molecular complexity index is 1080. The second kappa shape index (κ2) is 10.5. The lowest BCUT2D eigenvalue weighted by molar-refractivity contribution is 0.0531. The summed E-state index contributed by atoms with van der Waals surface area (Å²) in [5.74, 6) is 0.269. The number of hydrogen-bond donors (Lipinski definition) is 1. The highest BCUT2D eigenvalue weighted by atomic mass is 32.1. The van der Waals surface area contributed by atoms with Crippen molar-refractivity contribution in [1.29, 1.82) is 0 Å². The average molecular weight is 444 g/mol. The zero-order valence-corrected chi connectivity index (χ0v) is 18.2. The summed E-state index contributed by atoms with van der Waals surface area (Å²) in [5.41, 5.74) is 4.60. The van der Waals surface area contributed by atoms with Crippen LogP contribution in [0.1, 0.15) is 33.4 Å². The zero-order chi connectivity index (χ0) is 22.2. The van der Waals surface area contributed by atoms with Gasteiger partial charge in [0.25, 0.3) is 0 Å². The molecule has 0 unspecified atom stereocenters. The predicted octanol–water partition coefficient (Wildman–Crippen LogP) is 4.80. The molecule has 0 atom stereocenters. The second-order valence-electron chi connectivity index (χ2n) is 6.31. The van der Waals surface area contributed by atoms with Crippen molar-refractivity contribution in [1.82, 2.24) is 4.98 Å². The lowest BCUT2D eigenvalue weighted by atomic mass is 10.2. The molecule has 3 rings (SSSR count). The molecule has 0 aliphatic rings. The van der Waals surface area contributed by atoms with Crippen molar-refractivity contribution in [2.45, 2.75) is 20.5 Å². The van der Waals surface area contributed by atoms with Gasteiger partial charge in [0.05, 0.1) is 25.6 Å². The number of thiazole rings is 1. The van der Waals surface area contributed by atoms with E-state index in [1.54, 1.807) is 56.5 Å². The van der Waals surface area contributed by atoms with E-state index in [9.17, 15) is 9.18 Å². The number of hydrazone groups is 1. The van der Waals surface area contributed by atoms with Crippen LogP contribution in [0.4, 0.5) is 9.52 Å². The summed E-state index contributed by atoms with van der Waals surface area (Å²) in [6.07, 6.45) is 1.59. The van der Waals surface area contributed by atoms with E-state index < -0.39 is 5.97 Å². The third kappa shape index (κ3) is 5.79. The van der Waals surface area contributed by atoms with Gasteiger partial charge in [0.15, 0.2) is 11.5 Å². The molecule has 0 saturated carbocycles. The third-order valence-corrected chi connectivity index (χ3v) is 5.20. The summed E-state index contributed by atoms with van der Waals surface area (Å²) in [7, 11) is 1.53. The molecule has 7 nitrogen and oxygen atoms in total. The van der Waals surface area contributed by atoms with Gasteiger partial charge < -0.3 is 14.2 Å². The molecule has 1 heterocycles. The summed E-state index contributed by atoms with van der Waals surface area (Å²) in [5, 5.41) is 4.64. The quantitative estimate of drug-likeness (QED) is 0.291. The van der Waals surface area contributed by atoms with Crippen LogP contribution in [-0.2, 0) is 11.3 Å². The van der Waals surface area contributed by atoms with Crippen LogP contribution in [0, 0.1) is 12.7 Å². The van der Waals surface area contributed by atoms with Crippen LogP contribution in [0.2, 0.25) is 0 Å². The van der Waals surface area contributed by atoms with Crippen molar-refractivity contribution in [3.05, 3.63) is 70.0 Å². The number of aryl methyl sites for hydroxylation is 1. The van der Waals surface area contributed by atoms with E-state index in [2.05, 4.69) is 15.5 Å². The molecule has 2 aromatic carbocycles. The lowest BCUT2D eigenvalue weighted by Crippen LogP contribution is -2.03. The van der Waals surface area contributed by atoms with Crippen LogP contribution in [-0.4, -0.2) is 30.9 Å².